The Kier molecular flexibility index (Phi) is 4.18. The van der Waals surface area contributed by atoms with E-state index in [0.29, 0.717) is 12.2 Å². The van der Waals surface area contributed by atoms with Crippen molar-refractivity contribution in [2.45, 2.75) is 6.92 Å². The van der Waals surface area contributed by atoms with Gasteiger partial charge in [0, 0.05) is 24.5 Å². The third-order valence-electron chi connectivity index (χ3n) is 2.76. The van der Waals surface area contributed by atoms with Crippen LogP contribution in [0, 0.1) is 18.8 Å². The molecule has 5 heteroatoms. The fraction of sp³-hybridized carbons (Fsp3) is 0.200. The zero-order valence-corrected chi connectivity index (χ0v) is 11.5. The van der Waals surface area contributed by atoms with Gasteiger partial charge in [-0.3, -0.25) is 4.79 Å². The number of imidazole rings is 1. The molecule has 3 N–H and O–H groups in total. The highest BCUT2D eigenvalue weighted by atomic mass is 16.1. The van der Waals surface area contributed by atoms with E-state index >= 15 is 0 Å². The van der Waals surface area contributed by atoms with E-state index in [9.17, 15) is 4.79 Å². The molecule has 2 aromatic rings. The number of carbonyl (C=O) groups excluding carboxylic acids is 1. The maximum atomic E-state index is 12.1. The SMILES string of the molecule is Cc1ccc(C#CCN)cc1NC(=O)c1cn(C)cn1. The van der Waals surface area contributed by atoms with Gasteiger partial charge in [-0.1, -0.05) is 17.9 Å². The van der Waals surface area contributed by atoms with E-state index in [1.54, 1.807) is 17.1 Å². The lowest BCUT2D eigenvalue weighted by Crippen LogP contribution is -2.13. The van der Waals surface area contributed by atoms with Gasteiger partial charge in [0.15, 0.2) is 0 Å². The lowest BCUT2D eigenvalue weighted by Gasteiger charge is -2.07. The quantitative estimate of drug-likeness (QED) is 0.806. The minimum atomic E-state index is -0.238. The fourth-order valence-electron chi connectivity index (χ4n) is 1.70. The summed E-state index contributed by atoms with van der Waals surface area (Å²) >= 11 is 0. The number of benzene rings is 1. The van der Waals surface area contributed by atoms with E-state index in [1.165, 1.54) is 0 Å². The molecule has 2 rings (SSSR count). The molecule has 0 aliphatic heterocycles. The number of nitrogens with zero attached hydrogens (tertiary/aromatic N) is 2. The van der Waals surface area contributed by atoms with Crippen molar-refractivity contribution in [3.63, 3.8) is 0 Å². The van der Waals surface area contributed by atoms with E-state index in [2.05, 4.69) is 22.1 Å². The first kappa shape index (κ1) is 13.8. The van der Waals surface area contributed by atoms with Gasteiger partial charge >= 0.3 is 0 Å². The molecule has 0 unspecified atom stereocenters. The summed E-state index contributed by atoms with van der Waals surface area (Å²) < 4.78 is 1.73. The zero-order valence-electron chi connectivity index (χ0n) is 11.5. The maximum Gasteiger partial charge on any atom is 0.275 e. The maximum absolute atomic E-state index is 12.1. The van der Waals surface area contributed by atoms with Gasteiger partial charge < -0.3 is 15.6 Å². The molecule has 0 aliphatic rings. The summed E-state index contributed by atoms with van der Waals surface area (Å²) in [6, 6.07) is 5.64. The van der Waals surface area contributed by atoms with Crippen LogP contribution in [0.5, 0.6) is 0 Å². The molecule has 1 aromatic carbocycles. The molecule has 5 nitrogen and oxygen atoms in total. The van der Waals surface area contributed by atoms with Gasteiger partial charge in [0.2, 0.25) is 0 Å². The van der Waals surface area contributed by atoms with Crippen molar-refractivity contribution in [3.05, 3.63) is 47.5 Å². The summed E-state index contributed by atoms with van der Waals surface area (Å²) in [5, 5.41) is 2.84. The first-order valence-corrected chi connectivity index (χ1v) is 6.19. The molecule has 0 atom stereocenters. The van der Waals surface area contributed by atoms with Crippen molar-refractivity contribution in [3.8, 4) is 11.8 Å². The largest absolute Gasteiger partial charge is 0.340 e. The van der Waals surface area contributed by atoms with Gasteiger partial charge in [-0.2, -0.15) is 0 Å². The van der Waals surface area contributed by atoms with Crippen LogP contribution in [0.2, 0.25) is 0 Å². The molecule has 1 heterocycles. The van der Waals surface area contributed by atoms with Crippen LogP contribution in [0.15, 0.2) is 30.7 Å². The molecule has 0 fully saturated rings. The number of hydrogen-bond acceptors (Lipinski definition) is 3. The Balaban J connectivity index is 2.22. The number of rotatable bonds is 2. The first-order chi connectivity index (χ1) is 9.60. The summed E-state index contributed by atoms with van der Waals surface area (Å²) in [4.78, 5) is 16.1. The third kappa shape index (κ3) is 3.25. The van der Waals surface area contributed by atoms with Crippen LogP contribution < -0.4 is 11.1 Å². The second-order valence-electron chi connectivity index (χ2n) is 4.41. The highest BCUT2D eigenvalue weighted by Gasteiger charge is 2.10. The standard InChI is InChI=1S/C15H16N4O/c1-11-5-6-12(4-3-7-16)8-13(11)18-15(20)14-9-19(2)10-17-14/h5-6,8-10H,7,16H2,1-2H3,(H,18,20). The van der Waals surface area contributed by atoms with Crippen molar-refractivity contribution in [1.29, 1.82) is 0 Å². The van der Waals surface area contributed by atoms with Crippen LogP contribution in [0.4, 0.5) is 5.69 Å². The molecule has 1 aromatic heterocycles. The van der Waals surface area contributed by atoms with Crippen molar-refractivity contribution < 1.29 is 4.79 Å². The topological polar surface area (TPSA) is 72.9 Å². The summed E-state index contributed by atoms with van der Waals surface area (Å²) in [5.41, 5.74) is 8.24. The highest BCUT2D eigenvalue weighted by molar-refractivity contribution is 6.03. The Labute approximate surface area is 117 Å². The van der Waals surface area contributed by atoms with Crippen molar-refractivity contribution >= 4 is 11.6 Å². The van der Waals surface area contributed by atoms with E-state index < -0.39 is 0 Å². The number of amides is 1. The number of aromatic nitrogens is 2. The van der Waals surface area contributed by atoms with Crippen LogP contribution in [0.25, 0.3) is 0 Å². The van der Waals surface area contributed by atoms with E-state index in [0.717, 1.165) is 16.8 Å². The minimum Gasteiger partial charge on any atom is -0.340 e. The van der Waals surface area contributed by atoms with Gasteiger partial charge in [0.1, 0.15) is 5.69 Å². The summed E-state index contributed by atoms with van der Waals surface area (Å²) in [6.45, 7) is 2.23. The molecule has 0 radical (unpaired) electrons. The van der Waals surface area contributed by atoms with Crippen molar-refractivity contribution in [1.82, 2.24) is 9.55 Å². The van der Waals surface area contributed by atoms with Gasteiger partial charge in [0.25, 0.3) is 5.91 Å². The average Bonchev–Trinajstić information content (AvgIpc) is 2.86. The smallest absolute Gasteiger partial charge is 0.275 e. The van der Waals surface area contributed by atoms with Crippen LogP contribution >= 0.6 is 0 Å². The normalized spacial score (nSPS) is 9.75. The van der Waals surface area contributed by atoms with Crippen LogP contribution in [-0.4, -0.2) is 22.0 Å². The Morgan fingerprint density at radius 1 is 1.50 bits per heavy atom. The van der Waals surface area contributed by atoms with Crippen LogP contribution in [0.1, 0.15) is 21.6 Å². The van der Waals surface area contributed by atoms with Gasteiger partial charge in [-0.15, -0.1) is 0 Å². The molecule has 0 bridgehead atoms. The Hall–Kier alpha value is -2.58. The Bertz CT molecular complexity index is 691. The summed E-state index contributed by atoms with van der Waals surface area (Å²) in [7, 11) is 1.82. The van der Waals surface area contributed by atoms with Crippen molar-refractivity contribution in [2.24, 2.45) is 12.8 Å². The second kappa shape index (κ2) is 6.04. The lowest BCUT2D eigenvalue weighted by atomic mass is 10.1. The molecular formula is C15H16N4O. The van der Waals surface area contributed by atoms with Crippen LogP contribution in [-0.2, 0) is 7.05 Å². The monoisotopic (exact) mass is 268 g/mol. The number of nitrogens with two attached hydrogens (primary N) is 1. The van der Waals surface area contributed by atoms with Crippen LogP contribution in [0.3, 0.4) is 0 Å². The molecular weight excluding hydrogens is 252 g/mol. The molecule has 0 saturated carbocycles. The first-order valence-electron chi connectivity index (χ1n) is 6.19. The fourth-order valence-corrected chi connectivity index (χ4v) is 1.70. The average molecular weight is 268 g/mol. The zero-order chi connectivity index (χ0) is 14.5. The summed E-state index contributed by atoms with van der Waals surface area (Å²) in [6.07, 6.45) is 3.26. The molecule has 0 aliphatic carbocycles. The lowest BCUT2D eigenvalue weighted by molar-refractivity contribution is 0.102. The van der Waals surface area contributed by atoms with Gasteiger partial charge in [0.05, 0.1) is 12.9 Å². The number of nitrogens with one attached hydrogen (secondary N) is 1. The molecule has 20 heavy (non-hydrogen) atoms. The number of hydrogen-bond donors (Lipinski definition) is 2. The number of aryl methyl sites for hydroxylation is 2. The molecule has 102 valence electrons. The number of carbonyl (C=O) groups is 1. The predicted octanol–water partition coefficient (Wildman–Crippen LogP) is 1.29. The second-order valence-corrected chi connectivity index (χ2v) is 4.41. The van der Waals surface area contributed by atoms with E-state index in [1.807, 2.05) is 32.2 Å². The number of anilines is 1. The summed E-state index contributed by atoms with van der Waals surface area (Å²) in [5.74, 6) is 5.49. The minimum absolute atomic E-state index is 0.238. The Morgan fingerprint density at radius 2 is 2.30 bits per heavy atom. The van der Waals surface area contributed by atoms with E-state index in [4.69, 9.17) is 5.73 Å². The molecule has 0 spiro atoms. The van der Waals surface area contributed by atoms with Crippen molar-refractivity contribution in [2.75, 3.05) is 11.9 Å². The highest BCUT2D eigenvalue weighted by Crippen LogP contribution is 2.17. The predicted molar refractivity (Wildman–Crippen MR) is 78.3 cm³/mol. The third-order valence-corrected chi connectivity index (χ3v) is 2.76. The molecule has 1 amide bonds. The Morgan fingerprint density at radius 3 is 2.95 bits per heavy atom. The van der Waals surface area contributed by atoms with Gasteiger partial charge in [-0.05, 0) is 24.6 Å². The van der Waals surface area contributed by atoms with Gasteiger partial charge in [-0.25, -0.2) is 4.98 Å². The molecule has 0 saturated heterocycles. The van der Waals surface area contributed by atoms with E-state index in [-0.39, 0.29) is 5.91 Å².